The van der Waals surface area contributed by atoms with Gasteiger partial charge < -0.3 is 9.84 Å². The standard InChI is InChI=1S/C18H11ClF3NO3/c1-26-15-6-5-9(7-13(15)19)14-8-11(17(24)25)10-3-2-4-12(16(10)23-14)18(20,21)22/h2-8H,1H3,(H,24,25). The van der Waals surface area contributed by atoms with Crippen molar-refractivity contribution < 1.29 is 27.8 Å². The maximum absolute atomic E-state index is 13.3. The van der Waals surface area contributed by atoms with Gasteiger partial charge in [-0.25, -0.2) is 9.78 Å². The van der Waals surface area contributed by atoms with E-state index in [0.717, 1.165) is 12.1 Å². The van der Waals surface area contributed by atoms with Crippen molar-refractivity contribution in [1.29, 1.82) is 0 Å². The molecule has 0 saturated carbocycles. The number of hydrogen-bond donors (Lipinski definition) is 1. The minimum absolute atomic E-state index is 0.0659. The molecule has 3 rings (SSSR count). The Bertz CT molecular complexity index is 1020. The molecule has 0 bridgehead atoms. The Morgan fingerprint density at radius 3 is 2.50 bits per heavy atom. The molecule has 0 saturated heterocycles. The molecular formula is C18H11ClF3NO3. The van der Waals surface area contributed by atoms with Crippen LogP contribution in [0.4, 0.5) is 13.2 Å². The average molecular weight is 382 g/mol. The summed E-state index contributed by atoms with van der Waals surface area (Å²) in [5.74, 6) is -0.969. The molecule has 0 amide bonds. The Labute approximate surface area is 150 Å². The van der Waals surface area contributed by atoms with Crippen molar-refractivity contribution >= 4 is 28.5 Å². The first kappa shape index (κ1) is 18.0. The highest BCUT2D eigenvalue weighted by Gasteiger charge is 2.34. The third-order valence-electron chi connectivity index (χ3n) is 3.82. The lowest BCUT2D eigenvalue weighted by atomic mass is 10.0. The van der Waals surface area contributed by atoms with E-state index < -0.39 is 23.2 Å². The van der Waals surface area contributed by atoms with Crippen LogP contribution in [0, 0.1) is 0 Å². The van der Waals surface area contributed by atoms with Crippen LogP contribution in [0.25, 0.3) is 22.2 Å². The first-order chi connectivity index (χ1) is 12.2. The minimum Gasteiger partial charge on any atom is -0.495 e. The van der Waals surface area contributed by atoms with Crippen molar-refractivity contribution in [3.8, 4) is 17.0 Å². The summed E-state index contributed by atoms with van der Waals surface area (Å²) >= 11 is 6.05. The van der Waals surface area contributed by atoms with E-state index in [1.165, 1.54) is 31.4 Å². The number of aromatic nitrogens is 1. The van der Waals surface area contributed by atoms with Gasteiger partial charge in [-0.15, -0.1) is 0 Å². The fourth-order valence-electron chi connectivity index (χ4n) is 2.63. The number of benzene rings is 2. The number of nitrogens with zero attached hydrogens (tertiary/aromatic N) is 1. The van der Waals surface area contributed by atoms with Gasteiger partial charge >= 0.3 is 12.1 Å². The molecule has 0 aliphatic carbocycles. The van der Waals surface area contributed by atoms with Crippen LogP contribution in [0.5, 0.6) is 5.75 Å². The van der Waals surface area contributed by atoms with Gasteiger partial charge in [-0.05, 0) is 30.3 Å². The number of carbonyl (C=O) groups is 1. The number of alkyl halides is 3. The molecule has 1 N–H and O–H groups in total. The highest BCUT2D eigenvalue weighted by atomic mass is 35.5. The molecule has 4 nitrogen and oxygen atoms in total. The number of ether oxygens (including phenoxy) is 1. The molecule has 0 atom stereocenters. The topological polar surface area (TPSA) is 59.4 Å². The van der Waals surface area contributed by atoms with Crippen molar-refractivity contribution in [3.05, 3.63) is 58.6 Å². The van der Waals surface area contributed by atoms with Crippen molar-refractivity contribution in [2.75, 3.05) is 7.11 Å². The number of rotatable bonds is 3. The normalized spacial score (nSPS) is 11.6. The number of halogens is 4. The number of carboxylic acid groups (broad SMARTS) is 1. The molecule has 134 valence electrons. The molecule has 2 aromatic carbocycles. The molecule has 0 fully saturated rings. The van der Waals surface area contributed by atoms with Gasteiger partial charge in [-0.2, -0.15) is 13.2 Å². The number of aromatic carboxylic acids is 1. The highest BCUT2D eigenvalue weighted by Crippen LogP contribution is 2.37. The molecular weight excluding hydrogens is 371 g/mol. The third kappa shape index (κ3) is 3.17. The second kappa shape index (κ2) is 6.49. The van der Waals surface area contributed by atoms with Crippen LogP contribution >= 0.6 is 11.6 Å². The van der Waals surface area contributed by atoms with Crippen molar-refractivity contribution in [2.45, 2.75) is 6.18 Å². The number of methoxy groups -OCH3 is 1. The Kier molecular flexibility index (Phi) is 4.50. The van der Waals surface area contributed by atoms with E-state index in [0.29, 0.717) is 11.3 Å². The fraction of sp³-hybridized carbons (Fsp3) is 0.111. The van der Waals surface area contributed by atoms with Crippen LogP contribution < -0.4 is 4.74 Å². The second-order valence-corrected chi connectivity index (χ2v) is 5.82. The average Bonchev–Trinajstić information content (AvgIpc) is 2.59. The molecule has 1 aromatic heterocycles. The van der Waals surface area contributed by atoms with Crippen LogP contribution in [0.15, 0.2) is 42.5 Å². The van der Waals surface area contributed by atoms with E-state index >= 15 is 0 Å². The lowest BCUT2D eigenvalue weighted by Crippen LogP contribution is -2.09. The highest BCUT2D eigenvalue weighted by molar-refractivity contribution is 6.32. The van der Waals surface area contributed by atoms with Crippen molar-refractivity contribution in [1.82, 2.24) is 4.98 Å². The lowest BCUT2D eigenvalue weighted by molar-refractivity contribution is -0.136. The maximum atomic E-state index is 13.3. The molecule has 3 aromatic rings. The summed E-state index contributed by atoms with van der Waals surface area (Å²) in [6.45, 7) is 0. The number of para-hydroxylation sites is 1. The van der Waals surface area contributed by atoms with E-state index in [9.17, 15) is 23.1 Å². The first-order valence-corrected chi connectivity index (χ1v) is 7.68. The van der Waals surface area contributed by atoms with E-state index in [1.807, 2.05) is 0 Å². The molecule has 1 heterocycles. The predicted octanol–water partition coefficient (Wildman–Crippen LogP) is 5.28. The smallest absolute Gasteiger partial charge is 0.418 e. The van der Waals surface area contributed by atoms with Crippen LogP contribution in [0.3, 0.4) is 0 Å². The van der Waals surface area contributed by atoms with Crippen molar-refractivity contribution in [3.63, 3.8) is 0 Å². The van der Waals surface area contributed by atoms with Crippen LogP contribution in [-0.4, -0.2) is 23.2 Å². The summed E-state index contributed by atoms with van der Waals surface area (Å²) in [6, 6.07) is 9.07. The quantitative estimate of drug-likeness (QED) is 0.670. The first-order valence-electron chi connectivity index (χ1n) is 7.30. The summed E-state index contributed by atoms with van der Waals surface area (Å²) in [4.78, 5) is 15.6. The van der Waals surface area contributed by atoms with Gasteiger partial charge in [0.15, 0.2) is 0 Å². The monoisotopic (exact) mass is 381 g/mol. The largest absolute Gasteiger partial charge is 0.495 e. The zero-order chi connectivity index (χ0) is 19.1. The van der Waals surface area contributed by atoms with Crippen LogP contribution in [0.1, 0.15) is 15.9 Å². The van der Waals surface area contributed by atoms with Crippen molar-refractivity contribution in [2.24, 2.45) is 0 Å². The van der Waals surface area contributed by atoms with E-state index in [2.05, 4.69) is 4.98 Å². The van der Waals surface area contributed by atoms with E-state index in [1.54, 1.807) is 6.07 Å². The zero-order valence-electron chi connectivity index (χ0n) is 13.3. The third-order valence-corrected chi connectivity index (χ3v) is 4.12. The minimum atomic E-state index is -4.67. The van der Waals surface area contributed by atoms with Crippen LogP contribution in [-0.2, 0) is 6.18 Å². The molecule has 0 radical (unpaired) electrons. The second-order valence-electron chi connectivity index (χ2n) is 5.41. The SMILES string of the molecule is COc1ccc(-c2cc(C(=O)O)c3cccc(C(F)(F)F)c3n2)cc1Cl. The number of fused-ring (bicyclic) bond motifs is 1. The Morgan fingerprint density at radius 2 is 1.92 bits per heavy atom. The molecule has 0 aliphatic rings. The van der Waals surface area contributed by atoms with E-state index in [4.69, 9.17) is 16.3 Å². The van der Waals surface area contributed by atoms with Crippen LogP contribution in [0.2, 0.25) is 5.02 Å². The number of pyridine rings is 1. The van der Waals surface area contributed by atoms with Gasteiger partial charge in [0.25, 0.3) is 0 Å². The van der Waals surface area contributed by atoms with Gasteiger partial charge in [0, 0.05) is 10.9 Å². The number of hydrogen-bond acceptors (Lipinski definition) is 3. The summed E-state index contributed by atoms with van der Waals surface area (Å²) in [6.07, 6.45) is -4.67. The van der Waals surface area contributed by atoms with Gasteiger partial charge in [0.2, 0.25) is 0 Å². The van der Waals surface area contributed by atoms with Gasteiger partial charge in [-0.1, -0.05) is 23.7 Å². The van der Waals surface area contributed by atoms with E-state index in [-0.39, 0.29) is 21.7 Å². The van der Waals surface area contributed by atoms with Gasteiger partial charge in [0.1, 0.15) is 5.75 Å². The number of carboxylic acids is 1. The summed E-state index contributed by atoms with van der Waals surface area (Å²) in [5.41, 5.74) is -1.27. The Balaban J connectivity index is 2.34. The summed E-state index contributed by atoms with van der Waals surface area (Å²) < 4.78 is 45.0. The lowest BCUT2D eigenvalue weighted by Gasteiger charge is -2.13. The molecule has 26 heavy (non-hydrogen) atoms. The molecule has 0 aliphatic heterocycles. The zero-order valence-corrected chi connectivity index (χ0v) is 14.0. The maximum Gasteiger partial charge on any atom is 0.418 e. The molecule has 0 spiro atoms. The molecule has 0 unspecified atom stereocenters. The fourth-order valence-corrected chi connectivity index (χ4v) is 2.89. The molecule has 8 heteroatoms. The Hall–Kier alpha value is -2.80. The summed E-state index contributed by atoms with van der Waals surface area (Å²) in [5, 5.41) is 9.57. The summed E-state index contributed by atoms with van der Waals surface area (Å²) in [7, 11) is 1.42. The van der Waals surface area contributed by atoms with Gasteiger partial charge in [0.05, 0.1) is 34.5 Å². The predicted molar refractivity (Wildman–Crippen MR) is 90.7 cm³/mol. The Morgan fingerprint density at radius 1 is 1.19 bits per heavy atom. The van der Waals surface area contributed by atoms with Gasteiger partial charge in [-0.3, -0.25) is 0 Å².